The molecule has 3 rings (SSSR count). The van der Waals surface area contributed by atoms with Gasteiger partial charge in [-0.3, -0.25) is 4.98 Å². The SMILES string of the molecule is CCCCCCCCCc1ccc(-c2ccc(OCC3CCC(CCCCC)CC3)cc2)nc1. The molecule has 0 unspecified atom stereocenters. The van der Waals surface area contributed by atoms with Crippen molar-refractivity contribution in [1.82, 2.24) is 4.98 Å². The molecule has 1 aliphatic rings. The number of pyridine rings is 1. The summed E-state index contributed by atoms with van der Waals surface area (Å²) in [6.07, 6.45) is 23.8. The van der Waals surface area contributed by atoms with Gasteiger partial charge in [-0.2, -0.15) is 0 Å². The number of benzene rings is 1. The van der Waals surface area contributed by atoms with E-state index in [0.29, 0.717) is 0 Å². The van der Waals surface area contributed by atoms with Crippen LogP contribution in [0.2, 0.25) is 0 Å². The van der Waals surface area contributed by atoms with Crippen LogP contribution in [0.1, 0.15) is 116 Å². The Hall–Kier alpha value is -1.83. The molecule has 0 amide bonds. The molecule has 2 aromatic rings. The normalized spacial score (nSPS) is 18.2. The van der Waals surface area contributed by atoms with E-state index in [2.05, 4.69) is 56.4 Å². The maximum atomic E-state index is 6.15. The number of aryl methyl sites for hydroxylation is 1. The maximum absolute atomic E-state index is 6.15. The van der Waals surface area contributed by atoms with Crippen LogP contribution >= 0.6 is 0 Å². The van der Waals surface area contributed by atoms with Crippen molar-refractivity contribution in [2.45, 2.75) is 117 Å². The van der Waals surface area contributed by atoms with Crippen molar-refractivity contribution in [2.24, 2.45) is 11.8 Å². The van der Waals surface area contributed by atoms with Gasteiger partial charge in [-0.1, -0.05) is 97.0 Å². The van der Waals surface area contributed by atoms with Crippen LogP contribution in [0.5, 0.6) is 5.75 Å². The van der Waals surface area contributed by atoms with Crippen molar-refractivity contribution >= 4 is 0 Å². The monoisotopic (exact) mass is 463 g/mol. The Morgan fingerprint density at radius 3 is 2.03 bits per heavy atom. The quantitative estimate of drug-likeness (QED) is 0.231. The summed E-state index contributed by atoms with van der Waals surface area (Å²) in [5.74, 6) is 2.69. The van der Waals surface area contributed by atoms with Gasteiger partial charge in [-0.25, -0.2) is 0 Å². The average molecular weight is 464 g/mol. The van der Waals surface area contributed by atoms with Gasteiger partial charge in [0.15, 0.2) is 0 Å². The molecule has 0 spiro atoms. The highest BCUT2D eigenvalue weighted by Crippen LogP contribution is 2.32. The molecule has 1 heterocycles. The zero-order valence-electron chi connectivity index (χ0n) is 22.1. The first-order valence-electron chi connectivity index (χ1n) is 14.5. The minimum Gasteiger partial charge on any atom is -0.493 e. The zero-order valence-corrected chi connectivity index (χ0v) is 22.1. The fraction of sp³-hybridized carbons (Fsp3) is 0.656. The van der Waals surface area contributed by atoms with Crippen LogP contribution in [-0.2, 0) is 6.42 Å². The Morgan fingerprint density at radius 2 is 1.35 bits per heavy atom. The molecule has 34 heavy (non-hydrogen) atoms. The van der Waals surface area contributed by atoms with Gasteiger partial charge in [0.2, 0.25) is 0 Å². The molecule has 0 bridgehead atoms. The molecule has 1 aliphatic carbocycles. The third-order valence-corrected chi connectivity index (χ3v) is 7.71. The molecule has 2 nitrogen and oxygen atoms in total. The highest BCUT2D eigenvalue weighted by atomic mass is 16.5. The highest BCUT2D eigenvalue weighted by molar-refractivity contribution is 5.60. The van der Waals surface area contributed by atoms with E-state index in [0.717, 1.165) is 36.3 Å². The van der Waals surface area contributed by atoms with Crippen molar-refractivity contribution in [3.63, 3.8) is 0 Å². The van der Waals surface area contributed by atoms with Crippen LogP contribution in [0, 0.1) is 11.8 Å². The van der Waals surface area contributed by atoms with E-state index in [1.165, 1.54) is 107 Å². The number of nitrogens with zero attached hydrogens (tertiary/aromatic N) is 1. The largest absolute Gasteiger partial charge is 0.493 e. The highest BCUT2D eigenvalue weighted by Gasteiger charge is 2.21. The first-order valence-corrected chi connectivity index (χ1v) is 14.5. The van der Waals surface area contributed by atoms with Crippen molar-refractivity contribution in [3.05, 3.63) is 48.2 Å². The van der Waals surface area contributed by atoms with Crippen LogP contribution in [0.25, 0.3) is 11.3 Å². The molecule has 0 saturated heterocycles. The predicted octanol–water partition coefficient (Wildman–Crippen LogP) is 9.81. The topological polar surface area (TPSA) is 22.1 Å². The molecule has 0 N–H and O–H groups in total. The predicted molar refractivity (Wildman–Crippen MR) is 146 cm³/mol. The smallest absolute Gasteiger partial charge is 0.119 e. The van der Waals surface area contributed by atoms with Crippen molar-refractivity contribution < 1.29 is 4.74 Å². The second-order valence-electron chi connectivity index (χ2n) is 10.6. The summed E-state index contributed by atoms with van der Waals surface area (Å²) >= 11 is 0. The lowest BCUT2D eigenvalue weighted by Gasteiger charge is -2.28. The number of unbranched alkanes of at least 4 members (excludes halogenated alkanes) is 8. The fourth-order valence-corrected chi connectivity index (χ4v) is 5.34. The van der Waals surface area contributed by atoms with Gasteiger partial charge in [-0.05, 0) is 73.4 Å². The van der Waals surface area contributed by atoms with Crippen LogP contribution in [0.3, 0.4) is 0 Å². The van der Waals surface area contributed by atoms with Crippen molar-refractivity contribution in [2.75, 3.05) is 6.61 Å². The van der Waals surface area contributed by atoms with E-state index in [1.54, 1.807) is 0 Å². The third-order valence-electron chi connectivity index (χ3n) is 7.71. The van der Waals surface area contributed by atoms with Gasteiger partial charge >= 0.3 is 0 Å². The molecule has 1 aromatic carbocycles. The molecular weight excluding hydrogens is 414 g/mol. The van der Waals surface area contributed by atoms with Crippen LogP contribution in [-0.4, -0.2) is 11.6 Å². The minimum absolute atomic E-state index is 0.729. The van der Waals surface area contributed by atoms with Gasteiger partial charge in [0.1, 0.15) is 5.75 Å². The van der Waals surface area contributed by atoms with Gasteiger partial charge in [-0.15, -0.1) is 0 Å². The molecule has 1 aromatic heterocycles. The lowest BCUT2D eigenvalue weighted by Crippen LogP contribution is -2.20. The lowest BCUT2D eigenvalue weighted by atomic mass is 9.80. The summed E-state index contributed by atoms with van der Waals surface area (Å²) in [6.45, 7) is 5.44. The maximum Gasteiger partial charge on any atom is 0.119 e. The van der Waals surface area contributed by atoms with Crippen molar-refractivity contribution in [3.8, 4) is 17.0 Å². The number of ether oxygens (including phenoxy) is 1. The summed E-state index contributed by atoms with van der Waals surface area (Å²) < 4.78 is 6.15. The zero-order chi connectivity index (χ0) is 23.8. The Bertz CT molecular complexity index is 759. The molecule has 0 aliphatic heterocycles. The average Bonchev–Trinajstić information content (AvgIpc) is 2.88. The van der Waals surface area contributed by atoms with Crippen LogP contribution in [0.15, 0.2) is 42.6 Å². The second kappa shape index (κ2) is 16.0. The molecule has 2 heteroatoms. The summed E-state index contributed by atoms with van der Waals surface area (Å²) in [5, 5.41) is 0. The van der Waals surface area contributed by atoms with Crippen LogP contribution in [0.4, 0.5) is 0 Å². The van der Waals surface area contributed by atoms with E-state index in [9.17, 15) is 0 Å². The Balaban J connectivity index is 1.34. The number of rotatable bonds is 16. The van der Waals surface area contributed by atoms with Gasteiger partial charge in [0.25, 0.3) is 0 Å². The van der Waals surface area contributed by atoms with Crippen LogP contribution < -0.4 is 4.74 Å². The third kappa shape index (κ3) is 9.80. The molecular formula is C32H49NO. The fourth-order valence-electron chi connectivity index (χ4n) is 5.34. The van der Waals surface area contributed by atoms with E-state index in [-0.39, 0.29) is 0 Å². The first kappa shape index (κ1) is 26.8. The van der Waals surface area contributed by atoms with Gasteiger partial charge < -0.3 is 4.74 Å². The number of hydrogen-bond donors (Lipinski definition) is 0. The standard InChI is InChI=1S/C32H49NO/c1-3-5-7-8-9-10-12-14-28-19-24-32(33-25-28)30-20-22-31(23-21-30)34-26-29-17-15-27(16-18-29)13-11-6-4-2/h19-25,27,29H,3-18,26H2,1-2H3. The Morgan fingerprint density at radius 1 is 0.706 bits per heavy atom. The molecule has 0 atom stereocenters. The number of hydrogen-bond acceptors (Lipinski definition) is 2. The molecule has 1 fully saturated rings. The summed E-state index contributed by atoms with van der Waals surface area (Å²) in [7, 11) is 0. The van der Waals surface area contributed by atoms with Gasteiger partial charge in [0, 0.05) is 11.8 Å². The van der Waals surface area contributed by atoms with E-state index in [1.807, 2.05) is 0 Å². The van der Waals surface area contributed by atoms with Gasteiger partial charge in [0.05, 0.1) is 12.3 Å². The van der Waals surface area contributed by atoms with E-state index in [4.69, 9.17) is 9.72 Å². The van der Waals surface area contributed by atoms with E-state index < -0.39 is 0 Å². The summed E-state index contributed by atoms with van der Waals surface area (Å²) in [4.78, 5) is 4.73. The lowest BCUT2D eigenvalue weighted by molar-refractivity contribution is 0.177. The summed E-state index contributed by atoms with van der Waals surface area (Å²) in [6, 6.07) is 12.9. The second-order valence-corrected chi connectivity index (χ2v) is 10.6. The van der Waals surface area contributed by atoms with E-state index >= 15 is 0 Å². The number of aromatic nitrogens is 1. The molecule has 188 valence electrons. The van der Waals surface area contributed by atoms with Crippen molar-refractivity contribution in [1.29, 1.82) is 0 Å². The molecule has 1 saturated carbocycles. The minimum atomic E-state index is 0.729. The molecule has 0 radical (unpaired) electrons. The summed E-state index contributed by atoms with van der Waals surface area (Å²) in [5.41, 5.74) is 3.58. The first-order chi connectivity index (χ1) is 16.8. The Labute approximate surface area is 209 Å². The Kier molecular flexibility index (Phi) is 12.6.